The fourth-order valence-electron chi connectivity index (χ4n) is 4.23. The molecule has 1 N–H and O–H groups in total. The monoisotopic (exact) mass is 395 g/mol. The third-order valence-electron chi connectivity index (χ3n) is 5.80. The van der Waals surface area contributed by atoms with E-state index in [1.165, 1.54) is 0 Å². The van der Waals surface area contributed by atoms with Crippen LogP contribution in [0, 0.1) is 0 Å². The smallest absolute Gasteiger partial charge is 0.239 e. The first-order valence-electron chi connectivity index (χ1n) is 10.2. The lowest BCUT2D eigenvalue weighted by molar-refractivity contribution is -0.120. The summed E-state index contributed by atoms with van der Waals surface area (Å²) in [5.41, 5.74) is 1.95. The van der Waals surface area contributed by atoms with Gasteiger partial charge in [-0.2, -0.15) is 0 Å². The predicted molar refractivity (Wildman–Crippen MR) is 123 cm³/mol. The van der Waals surface area contributed by atoms with E-state index in [0.717, 1.165) is 33.3 Å². The van der Waals surface area contributed by atoms with Gasteiger partial charge in [-0.25, -0.2) is 0 Å². The second-order valence-corrected chi connectivity index (χ2v) is 7.31. The molecule has 30 heavy (non-hydrogen) atoms. The van der Waals surface area contributed by atoms with Crippen LogP contribution in [0.15, 0.2) is 97.1 Å². The summed E-state index contributed by atoms with van der Waals surface area (Å²) in [6.07, 6.45) is 0.640. The molecule has 0 saturated heterocycles. The second kappa shape index (κ2) is 8.42. The fraction of sp³-hybridized carbons (Fsp3) is 0.148. The maximum Gasteiger partial charge on any atom is 0.239 e. The molecule has 0 aliphatic heterocycles. The van der Waals surface area contributed by atoms with Gasteiger partial charge in [0.05, 0.1) is 12.5 Å². The first-order valence-corrected chi connectivity index (χ1v) is 10.2. The number of carbonyl (C=O) groups is 1. The van der Waals surface area contributed by atoms with Gasteiger partial charge in [-0.3, -0.25) is 4.79 Å². The minimum atomic E-state index is -0.788. The van der Waals surface area contributed by atoms with Crippen molar-refractivity contribution in [1.29, 1.82) is 0 Å². The molecule has 0 bridgehead atoms. The van der Waals surface area contributed by atoms with E-state index in [1.807, 2.05) is 97.1 Å². The number of ether oxygens (including phenoxy) is 1. The first kappa shape index (κ1) is 19.7. The summed E-state index contributed by atoms with van der Waals surface area (Å²) in [4.78, 5) is 13.9. The van der Waals surface area contributed by atoms with Crippen molar-refractivity contribution >= 4 is 22.4 Å². The van der Waals surface area contributed by atoms with Crippen molar-refractivity contribution in [2.24, 2.45) is 0 Å². The van der Waals surface area contributed by atoms with Crippen molar-refractivity contribution < 1.29 is 9.53 Å². The van der Waals surface area contributed by atoms with Crippen LogP contribution in [0.4, 0.5) is 5.69 Å². The molecule has 0 saturated carbocycles. The molecule has 0 heterocycles. The second-order valence-electron chi connectivity index (χ2n) is 7.31. The Morgan fingerprint density at radius 3 is 1.83 bits per heavy atom. The van der Waals surface area contributed by atoms with Gasteiger partial charge >= 0.3 is 0 Å². The van der Waals surface area contributed by atoms with Gasteiger partial charge in [-0.15, -0.1) is 0 Å². The van der Waals surface area contributed by atoms with Crippen LogP contribution in [-0.2, 0) is 10.2 Å². The van der Waals surface area contributed by atoms with Crippen LogP contribution >= 0.6 is 0 Å². The van der Waals surface area contributed by atoms with E-state index in [-0.39, 0.29) is 5.91 Å². The molecule has 0 aliphatic carbocycles. The van der Waals surface area contributed by atoms with Crippen LogP contribution in [0.5, 0.6) is 5.75 Å². The SMILES string of the molecule is CCC(C(=O)Nc1ccc(OC)c2ccccc12)(c1ccccc1)c1ccccc1. The summed E-state index contributed by atoms with van der Waals surface area (Å²) < 4.78 is 5.50. The van der Waals surface area contributed by atoms with Gasteiger partial charge in [0.25, 0.3) is 0 Å². The molecule has 0 aliphatic rings. The molecule has 4 aromatic carbocycles. The molecule has 0 unspecified atom stereocenters. The molecule has 0 aromatic heterocycles. The van der Waals surface area contributed by atoms with E-state index in [0.29, 0.717) is 6.42 Å². The summed E-state index contributed by atoms with van der Waals surface area (Å²) in [6.45, 7) is 2.06. The Morgan fingerprint density at radius 2 is 1.30 bits per heavy atom. The summed E-state index contributed by atoms with van der Waals surface area (Å²) in [7, 11) is 1.66. The Labute approximate surface area is 177 Å². The zero-order chi connectivity index (χ0) is 21.0. The number of rotatable bonds is 6. The Balaban J connectivity index is 1.84. The minimum absolute atomic E-state index is 0.0438. The molecule has 0 atom stereocenters. The van der Waals surface area contributed by atoms with Crippen LogP contribution < -0.4 is 10.1 Å². The number of amides is 1. The normalized spacial score (nSPS) is 11.3. The maximum absolute atomic E-state index is 13.9. The highest BCUT2D eigenvalue weighted by atomic mass is 16.5. The number of hydrogen-bond donors (Lipinski definition) is 1. The standard InChI is InChI=1S/C27H25NO2/c1-3-27(20-12-6-4-7-13-20,21-14-8-5-9-15-21)26(29)28-24-18-19-25(30-2)23-17-11-10-16-22(23)24/h4-19H,3H2,1-2H3,(H,28,29). The van der Waals surface area contributed by atoms with Gasteiger partial charge in [0.1, 0.15) is 5.75 Å². The average molecular weight is 396 g/mol. The lowest BCUT2D eigenvalue weighted by atomic mass is 9.71. The van der Waals surface area contributed by atoms with Crippen molar-refractivity contribution in [3.05, 3.63) is 108 Å². The van der Waals surface area contributed by atoms with Crippen LogP contribution in [0.3, 0.4) is 0 Å². The average Bonchev–Trinajstić information content (AvgIpc) is 2.81. The highest BCUT2D eigenvalue weighted by molar-refractivity contribution is 6.08. The quantitative estimate of drug-likeness (QED) is 0.423. The zero-order valence-electron chi connectivity index (χ0n) is 17.3. The highest BCUT2D eigenvalue weighted by Crippen LogP contribution is 2.38. The lowest BCUT2D eigenvalue weighted by Gasteiger charge is -2.33. The summed E-state index contributed by atoms with van der Waals surface area (Å²) in [5, 5.41) is 5.16. The van der Waals surface area contributed by atoms with Gasteiger partial charge in [-0.05, 0) is 29.7 Å². The number of benzene rings is 4. The predicted octanol–water partition coefficient (Wildman–Crippen LogP) is 6.18. The summed E-state index contributed by atoms with van der Waals surface area (Å²) in [5.74, 6) is 0.745. The highest BCUT2D eigenvalue weighted by Gasteiger charge is 2.40. The third kappa shape index (κ3) is 3.33. The minimum Gasteiger partial charge on any atom is -0.496 e. The van der Waals surface area contributed by atoms with Crippen molar-refractivity contribution in [2.45, 2.75) is 18.8 Å². The molecule has 4 aromatic rings. The molecular weight excluding hydrogens is 370 g/mol. The van der Waals surface area contributed by atoms with Crippen LogP contribution in [0.25, 0.3) is 10.8 Å². The molecule has 1 amide bonds. The van der Waals surface area contributed by atoms with Crippen LogP contribution in [0.1, 0.15) is 24.5 Å². The molecule has 150 valence electrons. The number of nitrogens with one attached hydrogen (secondary N) is 1. The maximum atomic E-state index is 13.9. The molecule has 0 spiro atoms. The van der Waals surface area contributed by atoms with E-state index in [2.05, 4.69) is 12.2 Å². The van der Waals surface area contributed by atoms with E-state index in [4.69, 9.17) is 4.74 Å². The van der Waals surface area contributed by atoms with Crippen molar-refractivity contribution in [3.63, 3.8) is 0 Å². The van der Waals surface area contributed by atoms with Crippen LogP contribution in [-0.4, -0.2) is 13.0 Å². The topological polar surface area (TPSA) is 38.3 Å². The fourth-order valence-corrected chi connectivity index (χ4v) is 4.23. The zero-order valence-corrected chi connectivity index (χ0v) is 17.3. The molecular formula is C27H25NO2. The number of fused-ring (bicyclic) bond motifs is 1. The van der Waals surface area contributed by atoms with E-state index in [9.17, 15) is 4.79 Å². The molecule has 0 radical (unpaired) electrons. The summed E-state index contributed by atoms with van der Waals surface area (Å²) in [6, 6.07) is 31.8. The lowest BCUT2D eigenvalue weighted by Crippen LogP contribution is -2.41. The van der Waals surface area contributed by atoms with Gasteiger partial charge in [0.2, 0.25) is 5.91 Å². The number of methoxy groups -OCH3 is 1. The molecule has 3 heteroatoms. The molecule has 4 rings (SSSR count). The van der Waals surface area contributed by atoms with Crippen molar-refractivity contribution in [2.75, 3.05) is 12.4 Å². The third-order valence-corrected chi connectivity index (χ3v) is 5.80. The Kier molecular flexibility index (Phi) is 5.53. The Morgan fingerprint density at radius 1 is 0.767 bits per heavy atom. The largest absolute Gasteiger partial charge is 0.496 e. The Hall–Kier alpha value is -3.59. The molecule has 3 nitrogen and oxygen atoms in total. The van der Waals surface area contributed by atoms with Gasteiger partial charge in [0.15, 0.2) is 0 Å². The summed E-state index contributed by atoms with van der Waals surface area (Å²) >= 11 is 0. The van der Waals surface area contributed by atoms with Gasteiger partial charge in [0, 0.05) is 16.5 Å². The van der Waals surface area contributed by atoms with Gasteiger partial charge in [-0.1, -0.05) is 91.9 Å². The van der Waals surface area contributed by atoms with Crippen LogP contribution in [0.2, 0.25) is 0 Å². The number of carbonyl (C=O) groups excluding carboxylic acids is 1. The van der Waals surface area contributed by atoms with E-state index in [1.54, 1.807) is 7.11 Å². The Bertz CT molecular complexity index is 1110. The van der Waals surface area contributed by atoms with Crippen molar-refractivity contribution in [1.82, 2.24) is 0 Å². The first-order chi connectivity index (χ1) is 14.7. The van der Waals surface area contributed by atoms with Crippen molar-refractivity contribution in [3.8, 4) is 5.75 Å². The van der Waals surface area contributed by atoms with E-state index < -0.39 is 5.41 Å². The number of hydrogen-bond acceptors (Lipinski definition) is 2. The molecule has 0 fully saturated rings. The van der Waals surface area contributed by atoms with E-state index >= 15 is 0 Å². The van der Waals surface area contributed by atoms with Gasteiger partial charge < -0.3 is 10.1 Å². The number of anilines is 1.